The van der Waals surface area contributed by atoms with E-state index in [-0.39, 0.29) is 0 Å². The summed E-state index contributed by atoms with van der Waals surface area (Å²) in [7, 11) is 0. The van der Waals surface area contributed by atoms with Crippen molar-refractivity contribution in [1.29, 1.82) is 0 Å². The van der Waals surface area contributed by atoms with Gasteiger partial charge in [0.15, 0.2) is 0 Å². The first-order chi connectivity index (χ1) is 29.3. The van der Waals surface area contributed by atoms with Crippen LogP contribution in [0.15, 0.2) is 200 Å². The second-order valence-corrected chi connectivity index (χ2v) is 16.3. The van der Waals surface area contributed by atoms with Crippen LogP contribution in [0.1, 0.15) is 0 Å². The summed E-state index contributed by atoms with van der Waals surface area (Å²) in [5.74, 6) is 0. The standard InChI is InChI=1S/C58H33N/c1-3-16-35(17-4-1)51-47-32-46-40-22-10-9-21-39(40)41-24-13-26-44(53(41)46)56(47)52(36-18-5-2-6-19-36)57-45-27-14-25-43-54(45)48(58(51)57)33-50-55(43)42-23-11-12-28-49(42)59(50)38-30-29-34-15-7-8-20-37(34)31-38/h1-33H. The zero-order chi connectivity index (χ0) is 38.3. The Labute approximate surface area is 339 Å². The van der Waals surface area contributed by atoms with Crippen molar-refractivity contribution in [2.75, 3.05) is 0 Å². The number of nitrogens with zero attached hydrogens (tertiary/aromatic N) is 1. The molecule has 0 spiro atoms. The highest BCUT2D eigenvalue weighted by atomic mass is 15.0. The number of para-hydroxylation sites is 1. The summed E-state index contributed by atoms with van der Waals surface area (Å²) in [6, 6.07) is 74.9. The Balaban J connectivity index is 1.28. The van der Waals surface area contributed by atoms with Crippen molar-refractivity contribution in [3.05, 3.63) is 200 Å². The molecular weight excluding hydrogens is 711 g/mol. The van der Waals surface area contributed by atoms with Crippen molar-refractivity contribution in [2.45, 2.75) is 0 Å². The fourth-order valence-corrected chi connectivity index (χ4v) is 11.1. The molecule has 59 heavy (non-hydrogen) atoms. The molecule has 1 nitrogen and oxygen atoms in total. The van der Waals surface area contributed by atoms with Gasteiger partial charge in [-0.3, -0.25) is 0 Å². The van der Waals surface area contributed by atoms with Crippen molar-refractivity contribution in [3.63, 3.8) is 0 Å². The van der Waals surface area contributed by atoms with Gasteiger partial charge in [0.25, 0.3) is 0 Å². The van der Waals surface area contributed by atoms with Gasteiger partial charge >= 0.3 is 0 Å². The second-order valence-electron chi connectivity index (χ2n) is 16.3. The van der Waals surface area contributed by atoms with Gasteiger partial charge in [-0.05, 0) is 139 Å². The molecule has 0 unspecified atom stereocenters. The lowest BCUT2D eigenvalue weighted by atomic mass is 9.84. The molecule has 0 saturated heterocycles. The molecule has 0 amide bonds. The van der Waals surface area contributed by atoms with Crippen molar-refractivity contribution < 1.29 is 0 Å². The number of rotatable bonds is 3. The van der Waals surface area contributed by atoms with E-state index in [1.54, 1.807) is 0 Å². The predicted octanol–water partition coefficient (Wildman–Crippen LogP) is 16.2. The second kappa shape index (κ2) is 11.4. The first-order valence-electron chi connectivity index (χ1n) is 20.6. The quantitative estimate of drug-likeness (QED) is 0.159. The normalized spacial score (nSPS) is 12.4. The van der Waals surface area contributed by atoms with E-state index in [4.69, 9.17) is 0 Å². The largest absolute Gasteiger partial charge is 0.309 e. The molecule has 0 radical (unpaired) electrons. The van der Waals surface area contributed by atoms with Crippen LogP contribution in [0.3, 0.4) is 0 Å². The van der Waals surface area contributed by atoms with Crippen molar-refractivity contribution in [1.82, 2.24) is 4.57 Å². The van der Waals surface area contributed by atoms with Crippen molar-refractivity contribution >= 4 is 108 Å². The molecule has 0 fully saturated rings. The summed E-state index contributed by atoms with van der Waals surface area (Å²) in [5, 5.41) is 23.5. The van der Waals surface area contributed by atoms with Gasteiger partial charge < -0.3 is 4.57 Å². The number of aromatic nitrogens is 1. The maximum atomic E-state index is 2.53. The van der Waals surface area contributed by atoms with Crippen molar-refractivity contribution in [2.24, 2.45) is 0 Å². The van der Waals surface area contributed by atoms with Gasteiger partial charge in [0.05, 0.1) is 11.0 Å². The smallest absolute Gasteiger partial charge is 0.0553 e. The highest BCUT2D eigenvalue weighted by molar-refractivity contribution is 6.46. The van der Waals surface area contributed by atoms with Crippen LogP contribution < -0.4 is 0 Å². The molecule has 0 aliphatic rings. The first kappa shape index (κ1) is 31.4. The van der Waals surface area contributed by atoms with E-state index < -0.39 is 0 Å². The van der Waals surface area contributed by atoms with Crippen LogP contribution in [0.5, 0.6) is 0 Å². The first-order valence-corrected chi connectivity index (χ1v) is 20.6. The zero-order valence-electron chi connectivity index (χ0n) is 32.0. The Kier molecular flexibility index (Phi) is 6.08. The van der Waals surface area contributed by atoms with Crippen LogP contribution in [0, 0.1) is 0 Å². The monoisotopic (exact) mass is 743 g/mol. The molecule has 0 atom stereocenters. The third kappa shape index (κ3) is 4.04. The van der Waals surface area contributed by atoms with Crippen LogP contribution >= 0.6 is 0 Å². The van der Waals surface area contributed by atoms with Crippen LogP contribution in [0.2, 0.25) is 0 Å². The number of hydrogen-bond donors (Lipinski definition) is 0. The SMILES string of the molecule is c1ccc(-c2c3cc4c5ccccc5c5cccc(c3c(-c3ccccc3)c3c6cccc7c6c(cc6c7c7ccccc7n6-c6ccc7ccccc7c6)c23)c54)cc1. The lowest BCUT2D eigenvalue weighted by molar-refractivity contribution is 1.19. The Hall–Kier alpha value is -7.74. The molecule has 0 aliphatic heterocycles. The topological polar surface area (TPSA) is 4.93 Å². The van der Waals surface area contributed by atoms with E-state index in [1.807, 2.05) is 0 Å². The minimum atomic E-state index is 1.17. The van der Waals surface area contributed by atoms with E-state index in [0.29, 0.717) is 0 Å². The molecule has 0 bridgehead atoms. The maximum Gasteiger partial charge on any atom is 0.0553 e. The Morgan fingerprint density at radius 3 is 1.54 bits per heavy atom. The Bertz CT molecular complexity index is 4040. The van der Waals surface area contributed by atoms with E-state index in [1.165, 1.54) is 136 Å². The molecule has 0 N–H and O–H groups in total. The average Bonchev–Trinajstić information content (AvgIpc) is 3.93. The molecule has 0 saturated carbocycles. The van der Waals surface area contributed by atoms with Crippen molar-refractivity contribution in [3.8, 4) is 27.9 Å². The third-order valence-corrected chi connectivity index (χ3v) is 13.4. The van der Waals surface area contributed by atoms with E-state index in [2.05, 4.69) is 205 Å². The van der Waals surface area contributed by atoms with Gasteiger partial charge in [-0.15, -0.1) is 0 Å². The van der Waals surface area contributed by atoms with Crippen LogP contribution in [-0.4, -0.2) is 4.57 Å². The lowest BCUT2D eigenvalue weighted by Gasteiger charge is -2.19. The van der Waals surface area contributed by atoms with Gasteiger partial charge in [-0.25, -0.2) is 0 Å². The molecular formula is C58H33N. The molecule has 13 aromatic carbocycles. The summed E-state index contributed by atoms with van der Waals surface area (Å²) >= 11 is 0. The predicted molar refractivity (Wildman–Crippen MR) is 254 cm³/mol. The molecule has 1 heteroatoms. The van der Waals surface area contributed by atoms with E-state index in [9.17, 15) is 0 Å². The minimum absolute atomic E-state index is 1.17. The summed E-state index contributed by atoms with van der Waals surface area (Å²) in [5.41, 5.74) is 8.71. The summed E-state index contributed by atoms with van der Waals surface area (Å²) < 4.78 is 2.51. The third-order valence-electron chi connectivity index (χ3n) is 13.4. The van der Waals surface area contributed by atoms with Gasteiger partial charge in [-0.2, -0.15) is 0 Å². The van der Waals surface area contributed by atoms with Crippen LogP contribution in [-0.2, 0) is 0 Å². The van der Waals surface area contributed by atoms with Gasteiger partial charge in [0, 0.05) is 16.5 Å². The molecule has 14 aromatic rings. The molecule has 270 valence electrons. The number of hydrogen-bond acceptors (Lipinski definition) is 0. The summed E-state index contributed by atoms with van der Waals surface area (Å²) in [4.78, 5) is 0. The van der Waals surface area contributed by atoms with E-state index in [0.717, 1.165) is 0 Å². The highest BCUT2D eigenvalue weighted by Gasteiger charge is 2.28. The average molecular weight is 744 g/mol. The minimum Gasteiger partial charge on any atom is -0.309 e. The molecule has 1 heterocycles. The Morgan fingerprint density at radius 2 is 0.780 bits per heavy atom. The van der Waals surface area contributed by atoms with Gasteiger partial charge in [0.1, 0.15) is 0 Å². The molecule has 1 aromatic heterocycles. The summed E-state index contributed by atoms with van der Waals surface area (Å²) in [6.45, 7) is 0. The van der Waals surface area contributed by atoms with E-state index >= 15 is 0 Å². The number of benzene rings is 11. The van der Waals surface area contributed by atoms with Crippen LogP contribution in [0.25, 0.3) is 136 Å². The fraction of sp³-hybridized carbons (Fsp3) is 0. The highest BCUT2D eigenvalue weighted by Crippen LogP contribution is 2.55. The number of fused-ring (bicyclic) bond motifs is 13. The summed E-state index contributed by atoms with van der Waals surface area (Å²) in [6.07, 6.45) is 0. The molecule has 0 aliphatic carbocycles. The van der Waals surface area contributed by atoms with Crippen LogP contribution in [0.4, 0.5) is 0 Å². The maximum absolute atomic E-state index is 2.53. The molecule has 14 rings (SSSR count). The zero-order valence-corrected chi connectivity index (χ0v) is 32.0. The Morgan fingerprint density at radius 1 is 0.237 bits per heavy atom. The lowest BCUT2D eigenvalue weighted by Crippen LogP contribution is -1.94. The van der Waals surface area contributed by atoms with Gasteiger partial charge in [0.2, 0.25) is 0 Å². The van der Waals surface area contributed by atoms with Gasteiger partial charge in [-0.1, -0.05) is 170 Å². The fourth-order valence-electron chi connectivity index (χ4n) is 11.1.